The van der Waals surface area contributed by atoms with Crippen LogP contribution >= 0.6 is 0 Å². The standard InChI is InChI=1S/C25H36N6O4/c1-13(10-26)20(32)30-19(24(2,3)4)23(35)31-12-16-17(25(16,5)6)18(31)22(34)29-15(11-27)9-14-7-8-28-21(14)33/h13-19H,7-9,12H2,1-6H3,(H,28,33)(H,29,34)(H,30,32)/t13?,14-,15-,16-,17-,18-,19+/m0/s1. The molecule has 3 aliphatic rings. The van der Waals surface area contributed by atoms with Crippen molar-refractivity contribution < 1.29 is 19.2 Å². The third-order valence-corrected chi connectivity index (χ3v) is 7.90. The van der Waals surface area contributed by atoms with Gasteiger partial charge in [0, 0.05) is 19.0 Å². The smallest absolute Gasteiger partial charge is 0.246 e. The minimum atomic E-state index is -0.921. The number of nitrogens with one attached hydrogen (secondary N) is 3. The first-order valence-corrected chi connectivity index (χ1v) is 12.2. The van der Waals surface area contributed by atoms with Crippen LogP contribution in [0.25, 0.3) is 0 Å². The average molecular weight is 485 g/mol. The monoisotopic (exact) mass is 484 g/mol. The summed E-state index contributed by atoms with van der Waals surface area (Å²) in [6, 6.07) is 1.43. The van der Waals surface area contributed by atoms with Crippen LogP contribution in [0.1, 0.15) is 54.4 Å². The Balaban J connectivity index is 1.80. The lowest BCUT2D eigenvalue weighted by Gasteiger charge is -2.38. The maximum absolute atomic E-state index is 13.7. The van der Waals surface area contributed by atoms with Crippen molar-refractivity contribution in [2.45, 2.75) is 72.5 Å². The molecule has 0 spiro atoms. The summed E-state index contributed by atoms with van der Waals surface area (Å²) in [6.45, 7) is 12.0. The molecule has 0 bridgehead atoms. The molecule has 0 aromatic heterocycles. The summed E-state index contributed by atoms with van der Waals surface area (Å²) in [5.74, 6) is -2.60. The van der Waals surface area contributed by atoms with Gasteiger partial charge < -0.3 is 20.9 Å². The van der Waals surface area contributed by atoms with Crippen LogP contribution in [0.5, 0.6) is 0 Å². The lowest BCUT2D eigenvalue weighted by Crippen LogP contribution is -2.60. The fourth-order valence-electron chi connectivity index (χ4n) is 5.51. The number of carbonyl (C=O) groups excluding carboxylic acids is 4. The van der Waals surface area contributed by atoms with E-state index < -0.39 is 41.3 Å². The van der Waals surface area contributed by atoms with E-state index in [2.05, 4.69) is 35.9 Å². The van der Waals surface area contributed by atoms with Crippen LogP contribution in [0.3, 0.4) is 0 Å². The number of piperidine rings is 1. The second-order valence-electron chi connectivity index (χ2n) is 11.8. The summed E-state index contributed by atoms with van der Waals surface area (Å²) in [5, 5.41) is 27.0. The molecule has 1 saturated carbocycles. The van der Waals surface area contributed by atoms with Gasteiger partial charge in [-0.15, -0.1) is 0 Å². The van der Waals surface area contributed by atoms with Crippen molar-refractivity contribution >= 4 is 23.6 Å². The summed E-state index contributed by atoms with van der Waals surface area (Å²) < 4.78 is 0. The van der Waals surface area contributed by atoms with Gasteiger partial charge in [-0.05, 0) is 42.4 Å². The second kappa shape index (κ2) is 9.49. The summed E-state index contributed by atoms with van der Waals surface area (Å²) in [7, 11) is 0. The predicted octanol–water partition coefficient (Wildman–Crippen LogP) is 0.695. The molecule has 0 aromatic rings. The Morgan fingerprint density at radius 1 is 1.20 bits per heavy atom. The summed E-state index contributed by atoms with van der Waals surface area (Å²) in [5.41, 5.74) is -0.779. The van der Waals surface area contributed by atoms with Gasteiger partial charge >= 0.3 is 0 Å². The average Bonchev–Trinajstić information content (AvgIpc) is 3.14. The maximum atomic E-state index is 13.7. The maximum Gasteiger partial charge on any atom is 0.246 e. The Morgan fingerprint density at radius 2 is 1.86 bits per heavy atom. The number of nitrogens with zero attached hydrogens (tertiary/aromatic N) is 3. The first-order chi connectivity index (χ1) is 16.2. The zero-order chi connectivity index (χ0) is 26.3. The highest BCUT2D eigenvalue weighted by molar-refractivity contribution is 5.94. The zero-order valence-corrected chi connectivity index (χ0v) is 21.3. The third-order valence-electron chi connectivity index (χ3n) is 7.90. The van der Waals surface area contributed by atoms with Crippen LogP contribution in [0.4, 0.5) is 0 Å². The number of carbonyl (C=O) groups is 4. The number of rotatable bonds is 7. The molecule has 10 heteroatoms. The summed E-state index contributed by atoms with van der Waals surface area (Å²) in [6.07, 6.45) is 0.839. The number of nitriles is 2. The van der Waals surface area contributed by atoms with Crippen LogP contribution < -0.4 is 16.0 Å². The van der Waals surface area contributed by atoms with Crippen molar-refractivity contribution in [3.63, 3.8) is 0 Å². The van der Waals surface area contributed by atoms with Crippen molar-refractivity contribution in [3.8, 4) is 12.1 Å². The highest BCUT2D eigenvalue weighted by Gasteiger charge is 2.69. The SMILES string of the molecule is CC(C#N)C(=O)N[C@H](C(=O)N1C[C@H]2[C@@H]([C@H]1C(=O)N[C@H](C#N)C[C@@H]1CCNC1=O)C2(C)C)C(C)(C)C. The molecule has 0 radical (unpaired) electrons. The predicted molar refractivity (Wildman–Crippen MR) is 126 cm³/mol. The van der Waals surface area contributed by atoms with E-state index in [1.165, 1.54) is 11.8 Å². The second-order valence-corrected chi connectivity index (χ2v) is 11.8. The van der Waals surface area contributed by atoms with Gasteiger partial charge in [-0.2, -0.15) is 10.5 Å². The Hall–Kier alpha value is -3.14. The highest BCUT2D eigenvalue weighted by atomic mass is 16.2. The van der Waals surface area contributed by atoms with E-state index in [0.29, 0.717) is 19.5 Å². The van der Waals surface area contributed by atoms with E-state index in [0.717, 1.165) is 0 Å². The minimum absolute atomic E-state index is 0.0603. The molecule has 2 heterocycles. The van der Waals surface area contributed by atoms with Crippen LogP contribution in [0.15, 0.2) is 0 Å². The fourth-order valence-corrected chi connectivity index (χ4v) is 5.51. The van der Waals surface area contributed by atoms with Gasteiger partial charge in [0.25, 0.3) is 0 Å². The number of hydrogen-bond acceptors (Lipinski definition) is 6. The van der Waals surface area contributed by atoms with Crippen molar-refractivity contribution in [2.24, 2.45) is 34.5 Å². The quantitative estimate of drug-likeness (QED) is 0.483. The number of hydrogen-bond donors (Lipinski definition) is 3. The van der Waals surface area contributed by atoms with Gasteiger partial charge in [-0.3, -0.25) is 19.2 Å². The molecule has 0 aromatic carbocycles. The van der Waals surface area contributed by atoms with E-state index in [9.17, 15) is 24.4 Å². The molecule has 190 valence electrons. The van der Waals surface area contributed by atoms with Gasteiger partial charge in [-0.25, -0.2) is 0 Å². The van der Waals surface area contributed by atoms with Crippen molar-refractivity contribution in [3.05, 3.63) is 0 Å². The molecule has 2 saturated heterocycles. The van der Waals surface area contributed by atoms with Crippen LogP contribution in [0.2, 0.25) is 0 Å². The molecule has 1 aliphatic carbocycles. The third kappa shape index (κ3) is 5.12. The normalized spacial score (nSPS) is 29.0. The van der Waals surface area contributed by atoms with E-state index in [-0.39, 0.29) is 41.4 Å². The number of likely N-dealkylation sites (tertiary alicyclic amines) is 1. The van der Waals surface area contributed by atoms with Crippen molar-refractivity contribution in [2.75, 3.05) is 13.1 Å². The highest BCUT2D eigenvalue weighted by Crippen LogP contribution is 2.65. The molecular weight excluding hydrogens is 448 g/mol. The molecule has 3 fully saturated rings. The zero-order valence-electron chi connectivity index (χ0n) is 21.3. The molecule has 2 aliphatic heterocycles. The Kier molecular flexibility index (Phi) is 7.17. The van der Waals surface area contributed by atoms with E-state index in [4.69, 9.17) is 5.26 Å². The first-order valence-electron chi connectivity index (χ1n) is 12.2. The molecule has 3 N–H and O–H groups in total. The summed E-state index contributed by atoms with van der Waals surface area (Å²) in [4.78, 5) is 53.1. The molecule has 35 heavy (non-hydrogen) atoms. The van der Waals surface area contributed by atoms with Crippen molar-refractivity contribution in [1.82, 2.24) is 20.9 Å². The summed E-state index contributed by atoms with van der Waals surface area (Å²) >= 11 is 0. The number of fused-ring (bicyclic) bond motifs is 1. The minimum Gasteiger partial charge on any atom is -0.356 e. The van der Waals surface area contributed by atoms with Crippen LogP contribution in [-0.4, -0.2) is 59.7 Å². The van der Waals surface area contributed by atoms with Crippen LogP contribution in [0, 0.1) is 57.2 Å². The Bertz CT molecular complexity index is 987. The lowest BCUT2D eigenvalue weighted by atomic mass is 9.84. The van der Waals surface area contributed by atoms with E-state index in [1.807, 2.05) is 26.8 Å². The molecule has 4 amide bonds. The lowest BCUT2D eigenvalue weighted by molar-refractivity contribution is -0.146. The molecule has 10 nitrogen and oxygen atoms in total. The molecule has 1 unspecified atom stereocenters. The van der Waals surface area contributed by atoms with Gasteiger partial charge in [0.2, 0.25) is 23.6 Å². The number of amides is 4. The molecular formula is C25H36N6O4. The first kappa shape index (κ1) is 26.5. The topological polar surface area (TPSA) is 155 Å². The molecule has 7 atom stereocenters. The van der Waals surface area contributed by atoms with Crippen LogP contribution in [-0.2, 0) is 19.2 Å². The van der Waals surface area contributed by atoms with Gasteiger partial charge in [-0.1, -0.05) is 34.6 Å². The van der Waals surface area contributed by atoms with Gasteiger partial charge in [0.05, 0.1) is 12.1 Å². The van der Waals surface area contributed by atoms with Gasteiger partial charge in [0.15, 0.2) is 0 Å². The van der Waals surface area contributed by atoms with Crippen molar-refractivity contribution in [1.29, 1.82) is 10.5 Å². The fraction of sp³-hybridized carbons (Fsp3) is 0.760. The Morgan fingerprint density at radius 3 is 2.37 bits per heavy atom. The van der Waals surface area contributed by atoms with E-state index in [1.54, 1.807) is 0 Å². The largest absolute Gasteiger partial charge is 0.356 e. The molecule has 3 rings (SSSR count). The Labute approximate surface area is 206 Å². The van der Waals surface area contributed by atoms with E-state index >= 15 is 0 Å². The van der Waals surface area contributed by atoms with Gasteiger partial charge in [0.1, 0.15) is 24.0 Å².